The highest BCUT2D eigenvalue weighted by atomic mass is 19.1. The molecule has 10 heteroatoms. The van der Waals surface area contributed by atoms with Gasteiger partial charge in [0.2, 0.25) is 0 Å². The van der Waals surface area contributed by atoms with E-state index >= 15 is 0 Å². The quantitative estimate of drug-likeness (QED) is 0.100. The lowest BCUT2D eigenvalue weighted by atomic mass is 9.86. The van der Waals surface area contributed by atoms with Crippen LogP contribution in [0.15, 0.2) is 82.4 Å². The summed E-state index contributed by atoms with van der Waals surface area (Å²) in [4.78, 5) is 36.7. The lowest BCUT2D eigenvalue weighted by Crippen LogP contribution is -2.14. The van der Waals surface area contributed by atoms with Crippen LogP contribution in [-0.2, 0) is 0 Å². The zero-order valence-electron chi connectivity index (χ0n) is 23.0. The van der Waals surface area contributed by atoms with Crippen molar-refractivity contribution >= 4 is 98.0 Å². The minimum atomic E-state index is -0.750. The molecule has 46 heavy (non-hydrogen) atoms. The second-order valence-corrected chi connectivity index (χ2v) is 11.7. The van der Waals surface area contributed by atoms with Crippen LogP contribution in [0.4, 0.5) is 17.6 Å². The average Bonchev–Trinajstić information content (AvgIpc) is 3.68. The Labute approximate surface area is 251 Å². The fourth-order valence-corrected chi connectivity index (χ4v) is 7.84. The van der Waals surface area contributed by atoms with Crippen molar-refractivity contribution in [2.45, 2.75) is 0 Å². The van der Waals surface area contributed by atoms with Gasteiger partial charge in [-0.3, -0.25) is 18.4 Å². The molecule has 0 N–H and O–H groups in total. The number of aromatic nitrogens is 4. The van der Waals surface area contributed by atoms with Gasteiger partial charge in [-0.25, -0.2) is 27.5 Å². The first-order valence-corrected chi connectivity index (χ1v) is 14.4. The molecule has 0 spiro atoms. The van der Waals surface area contributed by atoms with Gasteiger partial charge in [0.25, 0.3) is 11.1 Å². The number of fused-ring (bicyclic) bond motifs is 10. The van der Waals surface area contributed by atoms with Crippen LogP contribution >= 0.6 is 0 Å². The molecule has 0 amide bonds. The fourth-order valence-electron chi connectivity index (χ4n) is 7.84. The van der Waals surface area contributed by atoms with Gasteiger partial charge in [0.05, 0.1) is 0 Å². The Morgan fingerprint density at radius 1 is 0.391 bits per heavy atom. The van der Waals surface area contributed by atoms with Crippen molar-refractivity contribution in [3.8, 4) is 0 Å². The third-order valence-electron chi connectivity index (χ3n) is 9.66. The average molecular weight is 609 g/mol. The van der Waals surface area contributed by atoms with E-state index in [1.54, 1.807) is 24.3 Å². The number of imidazole rings is 2. The van der Waals surface area contributed by atoms with Crippen molar-refractivity contribution in [2.75, 3.05) is 0 Å². The van der Waals surface area contributed by atoms with E-state index in [4.69, 9.17) is 0 Å². The Morgan fingerprint density at radius 3 is 1.09 bits per heavy atom. The molecule has 0 radical (unpaired) electrons. The SMILES string of the molecule is O=c1c2ccc3c4ccc5c6c(ccc(c7ccc(c2c37)c2nc3c(F)ccc(F)c3n12)c46)c(=O)n1c5nc2c(F)ccc(F)c21. The molecule has 0 unspecified atom stereocenters. The monoisotopic (exact) mass is 608 g/mol. The lowest BCUT2D eigenvalue weighted by Gasteiger charge is -2.18. The van der Waals surface area contributed by atoms with E-state index in [1.165, 1.54) is 0 Å². The summed E-state index contributed by atoms with van der Waals surface area (Å²) in [7, 11) is 0. The maximum Gasteiger partial charge on any atom is 0.264 e. The lowest BCUT2D eigenvalue weighted by molar-refractivity contribution is 0.614. The van der Waals surface area contributed by atoms with E-state index in [0.717, 1.165) is 65.4 Å². The van der Waals surface area contributed by atoms with E-state index in [2.05, 4.69) is 9.97 Å². The van der Waals surface area contributed by atoms with Crippen LogP contribution in [0, 0.1) is 23.3 Å². The molecule has 0 saturated heterocycles. The van der Waals surface area contributed by atoms with Gasteiger partial charge >= 0.3 is 0 Å². The molecule has 11 aromatic rings. The molecule has 0 saturated carbocycles. The van der Waals surface area contributed by atoms with Crippen molar-refractivity contribution in [2.24, 2.45) is 0 Å². The summed E-state index contributed by atoms with van der Waals surface area (Å²) in [5, 5.41) is 7.75. The maximum absolute atomic E-state index is 15.0. The minimum Gasteiger partial charge on any atom is -0.268 e. The van der Waals surface area contributed by atoms with Crippen molar-refractivity contribution in [1.29, 1.82) is 0 Å². The number of hydrogen-bond acceptors (Lipinski definition) is 4. The van der Waals surface area contributed by atoms with Gasteiger partial charge in [-0.15, -0.1) is 0 Å². The molecular formula is C36H12F4N4O2. The van der Waals surface area contributed by atoms with Crippen molar-refractivity contribution in [3.05, 3.63) is 117 Å². The number of rotatable bonds is 0. The molecule has 6 nitrogen and oxygen atoms in total. The van der Waals surface area contributed by atoms with Gasteiger partial charge in [-0.1, -0.05) is 24.3 Å². The van der Waals surface area contributed by atoms with Gasteiger partial charge in [0.15, 0.2) is 11.6 Å². The van der Waals surface area contributed by atoms with E-state index in [9.17, 15) is 27.2 Å². The predicted octanol–water partition coefficient (Wildman–Crippen LogP) is 7.80. The van der Waals surface area contributed by atoms with Gasteiger partial charge in [0, 0.05) is 32.3 Å². The number of benzene rings is 7. The zero-order chi connectivity index (χ0) is 30.9. The summed E-state index contributed by atoms with van der Waals surface area (Å²) in [6, 6.07) is 18.3. The fraction of sp³-hybridized carbons (Fsp3) is 0. The molecule has 0 atom stereocenters. The van der Waals surface area contributed by atoms with Gasteiger partial charge in [0.1, 0.15) is 45.0 Å². The van der Waals surface area contributed by atoms with E-state index in [0.29, 0.717) is 32.3 Å². The third kappa shape index (κ3) is 2.48. The molecule has 216 valence electrons. The normalized spacial score (nSPS) is 13.0. The number of halogens is 4. The van der Waals surface area contributed by atoms with Crippen LogP contribution in [-0.4, -0.2) is 18.8 Å². The zero-order valence-corrected chi connectivity index (χ0v) is 23.0. The first-order chi connectivity index (χ1) is 22.3. The highest BCUT2D eigenvalue weighted by Gasteiger charge is 2.26. The van der Waals surface area contributed by atoms with Crippen LogP contribution in [0.5, 0.6) is 0 Å². The standard InChI is InChI=1S/C36H12F4N4O2/c37-21-9-11-23(39)31-29(21)41-33-17-5-1-13-15-3-7-20-28-18(34-42-30-22(38)10-12-24(40)32(30)44(34)36(20)46)6-2-14(26(15)28)16-4-8-19(27(17)25(13)16)35(45)43(31)33/h1-12H. The molecule has 0 aliphatic rings. The van der Waals surface area contributed by atoms with Crippen molar-refractivity contribution in [1.82, 2.24) is 18.8 Å². The van der Waals surface area contributed by atoms with Gasteiger partial charge in [-0.2, -0.15) is 0 Å². The third-order valence-corrected chi connectivity index (χ3v) is 9.66. The molecule has 0 bridgehead atoms. The first kappa shape index (κ1) is 24.2. The number of pyridine rings is 2. The minimum absolute atomic E-state index is 0.153. The number of hydrogen-bond donors (Lipinski definition) is 0. The summed E-state index contributed by atoms with van der Waals surface area (Å²) >= 11 is 0. The van der Waals surface area contributed by atoms with Crippen molar-refractivity contribution < 1.29 is 17.6 Å². The van der Waals surface area contributed by atoms with Crippen LogP contribution in [0.1, 0.15) is 0 Å². The van der Waals surface area contributed by atoms with E-state index in [1.807, 2.05) is 24.3 Å². The summed E-state index contributed by atoms with van der Waals surface area (Å²) in [6.45, 7) is 0. The Bertz CT molecular complexity index is 3110. The number of nitrogens with zero attached hydrogens (tertiary/aromatic N) is 4. The van der Waals surface area contributed by atoms with Crippen LogP contribution in [0.25, 0.3) is 98.0 Å². The second kappa shape index (κ2) is 7.55. The van der Waals surface area contributed by atoms with Crippen LogP contribution < -0.4 is 11.1 Å². The molecule has 0 aliphatic carbocycles. The molecular weight excluding hydrogens is 596 g/mol. The largest absolute Gasteiger partial charge is 0.268 e. The van der Waals surface area contributed by atoms with Crippen molar-refractivity contribution in [3.63, 3.8) is 0 Å². The highest BCUT2D eigenvalue weighted by Crippen LogP contribution is 2.46. The Kier molecular flexibility index (Phi) is 3.97. The van der Waals surface area contributed by atoms with Gasteiger partial charge in [-0.05, 0) is 80.8 Å². The summed E-state index contributed by atoms with van der Waals surface area (Å²) < 4.78 is 61.8. The topological polar surface area (TPSA) is 68.7 Å². The Balaban J connectivity index is 1.38. The van der Waals surface area contributed by atoms with E-state index in [-0.39, 0.29) is 33.4 Å². The predicted molar refractivity (Wildman–Crippen MR) is 170 cm³/mol. The maximum atomic E-state index is 15.0. The molecule has 0 aliphatic heterocycles. The molecule has 11 rings (SSSR count). The second-order valence-electron chi connectivity index (χ2n) is 11.7. The Morgan fingerprint density at radius 2 is 0.696 bits per heavy atom. The molecule has 4 heterocycles. The molecule has 4 aromatic heterocycles. The van der Waals surface area contributed by atoms with Crippen LogP contribution in [0.3, 0.4) is 0 Å². The Hall–Kier alpha value is -6.16. The summed E-state index contributed by atoms with van der Waals surface area (Å²) in [5.74, 6) is -2.96. The molecule has 7 aromatic carbocycles. The highest BCUT2D eigenvalue weighted by molar-refractivity contribution is 6.40. The van der Waals surface area contributed by atoms with Crippen LogP contribution in [0.2, 0.25) is 0 Å². The summed E-state index contributed by atoms with van der Waals surface area (Å²) in [5.41, 5.74) is -1.59. The smallest absolute Gasteiger partial charge is 0.264 e. The molecule has 0 fully saturated rings. The van der Waals surface area contributed by atoms with E-state index < -0.39 is 34.4 Å². The summed E-state index contributed by atoms with van der Waals surface area (Å²) in [6.07, 6.45) is 0. The first-order valence-electron chi connectivity index (χ1n) is 14.4. The van der Waals surface area contributed by atoms with Gasteiger partial charge < -0.3 is 0 Å².